The van der Waals surface area contributed by atoms with Crippen molar-refractivity contribution in [3.8, 4) is 0 Å². The maximum atomic E-state index is 10.9. The number of rotatable bonds is 3. The second kappa shape index (κ2) is 4.78. The third-order valence-corrected chi connectivity index (χ3v) is 1.66. The molecule has 2 aromatic heterocycles. The molecule has 0 saturated heterocycles. The Balaban J connectivity index is 2.03. The highest BCUT2D eigenvalue weighted by molar-refractivity contribution is 5.79. The molecule has 2 heterocycles. The van der Waals surface area contributed by atoms with Crippen molar-refractivity contribution in [2.24, 2.45) is 5.10 Å². The fourth-order valence-electron chi connectivity index (χ4n) is 0.981. The van der Waals surface area contributed by atoms with Crippen LogP contribution in [0.5, 0.6) is 0 Å². The lowest BCUT2D eigenvalue weighted by Crippen LogP contribution is -2.10. The molecule has 0 saturated carbocycles. The second-order valence-electron chi connectivity index (χ2n) is 2.83. The first-order chi connectivity index (χ1) is 7.84. The number of nitrogens with zero attached hydrogens (tertiary/aromatic N) is 4. The van der Waals surface area contributed by atoms with Crippen LogP contribution in [0.25, 0.3) is 0 Å². The van der Waals surface area contributed by atoms with Gasteiger partial charge in [-0.25, -0.2) is 5.43 Å². The second-order valence-corrected chi connectivity index (χ2v) is 2.83. The van der Waals surface area contributed by atoms with Crippen molar-refractivity contribution in [1.29, 1.82) is 0 Å². The zero-order chi connectivity index (χ0) is 11.2. The number of aromatic amines is 1. The van der Waals surface area contributed by atoms with Gasteiger partial charge in [-0.3, -0.25) is 14.8 Å². The average Bonchev–Trinajstić information content (AvgIpc) is 2.30. The Bertz CT molecular complexity index is 535. The molecule has 2 aromatic rings. The van der Waals surface area contributed by atoms with Crippen LogP contribution in [-0.4, -0.2) is 26.4 Å². The molecule has 0 aliphatic rings. The van der Waals surface area contributed by atoms with Crippen LogP contribution in [0, 0.1) is 0 Å². The molecule has 2 rings (SSSR count). The Morgan fingerprint density at radius 2 is 2.19 bits per heavy atom. The summed E-state index contributed by atoms with van der Waals surface area (Å²) in [5.41, 5.74) is 3.10. The normalized spacial score (nSPS) is 10.5. The lowest BCUT2D eigenvalue weighted by Gasteiger charge is -1.95. The first-order valence-corrected chi connectivity index (χ1v) is 4.46. The van der Waals surface area contributed by atoms with Gasteiger partial charge in [-0.05, 0) is 17.7 Å². The van der Waals surface area contributed by atoms with Crippen molar-refractivity contribution in [3.05, 3.63) is 46.6 Å². The van der Waals surface area contributed by atoms with Gasteiger partial charge in [0.05, 0.1) is 6.21 Å². The van der Waals surface area contributed by atoms with Crippen LogP contribution in [0.4, 0.5) is 5.95 Å². The predicted molar refractivity (Wildman–Crippen MR) is 58.1 cm³/mol. The number of hydrogen-bond donors (Lipinski definition) is 2. The van der Waals surface area contributed by atoms with Gasteiger partial charge >= 0.3 is 0 Å². The molecule has 16 heavy (non-hydrogen) atoms. The molecule has 80 valence electrons. The molecule has 0 amide bonds. The summed E-state index contributed by atoms with van der Waals surface area (Å²) in [7, 11) is 0. The molecule has 7 heteroatoms. The van der Waals surface area contributed by atoms with Crippen molar-refractivity contribution in [2.75, 3.05) is 5.43 Å². The summed E-state index contributed by atoms with van der Waals surface area (Å²) >= 11 is 0. The van der Waals surface area contributed by atoms with E-state index in [1.165, 1.54) is 0 Å². The van der Waals surface area contributed by atoms with E-state index in [0.717, 1.165) is 11.8 Å². The Morgan fingerprint density at radius 3 is 2.94 bits per heavy atom. The summed E-state index contributed by atoms with van der Waals surface area (Å²) in [5.74, 6) is 0.192. The molecule has 0 aliphatic carbocycles. The Morgan fingerprint density at radius 1 is 1.38 bits per heavy atom. The monoisotopic (exact) mass is 216 g/mol. The quantitative estimate of drug-likeness (QED) is 0.556. The highest BCUT2D eigenvalue weighted by Crippen LogP contribution is 1.92. The summed E-state index contributed by atoms with van der Waals surface area (Å²) in [6, 6.07) is 3.59. The van der Waals surface area contributed by atoms with Crippen LogP contribution in [-0.2, 0) is 0 Å². The standard InChI is InChI=1S/C9H8N6O/c16-8-6-12-15-9(13-8)14-11-5-7-1-3-10-4-2-7/h1-6H,(H2,13,14,15,16)/b11-5-. The van der Waals surface area contributed by atoms with E-state index < -0.39 is 0 Å². The van der Waals surface area contributed by atoms with E-state index in [9.17, 15) is 4.79 Å². The van der Waals surface area contributed by atoms with Crippen LogP contribution in [0.15, 0.2) is 40.6 Å². The van der Waals surface area contributed by atoms with Crippen LogP contribution >= 0.6 is 0 Å². The van der Waals surface area contributed by atoms with Gasteiger partial charge in [-0.1, -0.05) is 0 Å². The maximum Gasteiger partial charge on any atom is 0.271 e. The van der Waals surface area contributed by atoms with E-state index in [2.05, 4.69) is 30.7 Å². The zero-order valence-corrected chi connectivity index (χ0v) is 8.16. The van der Waals surface area contributed by atoms with Gasteiger partial charge in [-0.2, -0.15) is 5.10 Å². The summed E-state index contributed by atoms with van der Waals surface area (Å²) in [6.45, 7) is 0. The first kappa shape index (κ1) is 9.97. The van der Waals surface area contributed by atoms with E-state index >= 15 is 0 Å². The lowest BCUT2D eigenvalue weighted by molar-refractivity contribution is 0.939. The molecule has 7 nitrogen and oxygen atoms in total. The fraction of sp³-hybridized carbons (Fsp3) is 0. The van der Waals surface area contributed by atoms with Gasteiger partial charge in [0, 0.05) is 12.4 Å². The van der Waals surface area contributed by atoms with Crippen LogP contribution < -0.4 is 11.0 Å². The highest BCUT2D eigenvalue weighted by atomic mass is 16.1. The molecular weight excluding hydrogens is 208 g/mol. The number of pyridine rings is 1. The predicted octanol–water partition coefficient (Wildman–Crippen LogP) is 0.00590. The van der Waals surface area contributed by atoms with Crippen molar-refractivity contribution >= 4 is 12.2 Å². The molecule has 0 radical (unpaired) electrons. The molecule has 0 bridgehead atoms. The number of anilines is 1. The van der Waals surface area contributed by atoms with Gasteiger partial charge in [0.2, 0.25) is 5.95 Å². The van der Waals surface area contributed by atoms with Crippen molar-refractivity contribution in [3.63, 3.8) is 0 Å². The molecule has 0 unspecified atom stereocenters. The van der Waals surface area contributed by atoms with E-state index in [1.54, 1.807) is 30.7 Å². The number of aromatic nitrogens is 4. The molecular formula is C9H8N6O. The maximum absolute atomic E-state index is 10.9. The minimum absolute atomic E-state index is 0.192. The first-order valence-electron chi connectivity index (χ1n) is 4.46. The summed E-state index contributed by atoms with van der Waals surface area (Å²) in [6.07, 6.45) is 5.98. The molecule has 0 aliphatic heterocycles. The van der Waals surface area contributed by atoms with Gasteiger partial charge in [0.25, 0.3) is 5.56 Å². The lowest BCUT2D eigenvalue weighted by atomic mass is 10.3. The van der Waals surface area contributed by atoms with E-state index in [-0.39, 0.29) is 11.5 Å². The van der Waals surface area contributed by atoms with Crippen molar-refractivity contribution in [1.82, 2.24) is 20.2 Å². The van der Waals surface area contributed by atoms with Crippen LogP contribution in [0.1, 0.15) is 5.56 Å². The third kappa shape index (κ3) is 2.71. The van der Waals surface area contributed by atoms with E-state index in [4.69, 9.17) is 0 Å². The number of hydrogen-bond acceptors (Lipinski definition) is 6. The fourth-order valence-corrected chi connectivity index (χ4v) is 0.981. The van der Waals surface area contributed by atoms with Crippen molar-refractivity contribution < 1.29 is 0 Å². The highest BCUT2D eigenvalue weighted by Gasteiger charge is 1.91. The number of H-pyrrole nitrogens is 1. The molecule has 0 atom stereocenters. The SMILES string of the molecule is O=c1cnnc(N/N=C\c2ccncc2)[nH]1. The minimum atomic E-state index is -0.336. The number of hydrazone groups is 1. The number of nitrogens with one attached hydrogen (secondary N) is 2. The topological polar surface area (TPSA) is 95.9 Å². The van der Waals surface area contributed by atoms with Gasteiger partial charge in [0.1, 0.15) is 6.20 Å². The Labute approximate surface area is 90.3 Å². The van der Waals surface area contributed by atoms with Gasteiger partial charge < -0.3 is 0 Å². The van der Waals surface area contributed by atoms with E-state index in [1.807, 2.05) is 0 Å². The minimum Gasteiger partial charge on any atom is -0.289 e. The Kier molecular flexibility index (Phi) is 2.98. The van der Waals surface area contributed by atoms with E-state index in [0.29, 0.717) is 0 Å². The summed E-state index contributed by atoms with van der Waals surface area (Å²) < 4.78 is 0. The molecule has 0 fully saturated rings. The zero-order valence-electron chi connectivity index (χ0n) is 8.16. The molecule has 0 spiro atoms. The van der Waals surface area contributed by atoms with Crippen molar-refractivity contribution in [2.45, 2.75) is 0 Å². The largest absolute Gasteiger partial charge is 0.289 e. The third-order valence-electron chi connectivity index (χ3n) is 1.66. The summed E-state index contributed by atoms with van der Waals surface area (Å²) in [4.78, 5) is 17.2. The summed E-state index contributed by atoms with van der Waals surface area (Å²) in [5, 5.41) is 11.0. The smallest absolute Gasteiger partial charge is 0.271 e. The van der Waals surface area contributed by atoms with Crippen LogP contribution in [0.2, 0.25) is 0 Å². The van der Waals surface area contributed by atoms with Gasteiger partial charge in [0.15, 0.2) is 0 Å². The van der Waals surface area contributed by atoms with Gasteiger partial charge in [-0.15, -0.1) is 10.2 Å². The van der Waals surface area contributed by atoms with Crippen LogP contribution in [0.3, 0.4) is 0 Å². The molecule has 2 N–H and O–H groups in total. The Hall–Kier alpha value is -2.57. The molecule has 0 aromatic carbocycles. The average molecular weight is 216 g/mol.